The van der Waals surface area contributed by atoms with Gasteiger partial charge in [-0.1, -0.05) is 17.8 Å². The van der Waals surface area contributed by atoms with E-state index in [4.69, 9.17) is 4.74 Å². The number of benzene rings is 2. The van der Waals surface area contributed by atoms with Crippen LogP contribution in [0.5, 0.6) is 0 Å². The van der Waals surface area contributed by atoms with Crippen LogP contribution in [-0.4, -0.2) is 44.8 Å². The van der Waals surface area contributed by atoms with Crippen LogP contribution < -0.4 is 5.32 Å². The second-order valence-corrected chi connectivity index (χ2v) is 11.8. The average molecular weight is 586 g/mol. The number of carbonyl (C=O) groups excluding carboxylic acids is 3. The SMILES string of the molecule is O=C(Cc1cccs1)NC1C(=O)N2C(C(=O)OCc3ccc([N+](=O)[O-])cc3)=C(Sc3ccc(F)cc3)CS[C@H]12. The summed E-state index contributed by atoms with van der Waals surface area (Å²) in [5.41, 5.74) is 0.526. The second kappa shape index (κ2) is 11.6. The largest absolute Gasteiger partial charge is 0.456 e. The van der Waals surface area contributed by atoms with Crippen molar-refractivity contribution in [1.82, 2.24) is 10.2 Å². The van der Waals surface area contributed by atoms with Crippen molar-refractivity contribution in [3.63, 3.8) is 0 Å². The predicted molar refractivity (Wildman–Crippen MR) is 145 cm³/mol. The molecule has 5 rings (SSSR count). The first-order chi connectivity index (χ1) is 18.8. The van der Waals surface area contributed by atoms with E-state index in [0.717, 1.165) is 4.88 Å². The molecule has 1 unspecified atom stereocenters. The number of amides is 2. The summed E-state index contributed by atoms with van der Waals surface area (Å²) in [4.78, 5) is 52.9. The summed E-state index contributed by atoms with van der Waals surface area (Å²) in [6, 6.07) is 14.3. The Balaban J connectivity index is 1.34. The summed E-state index contributed by atoms with van der Waals surface area (Å²) in [6.07, 6.45) is 0.157. The Labute approximate surface area is 234 Å². The summed E-state index contributed by atoms with van der Waals surface area (Å²) in [6.45, 7) is -0.157. The lowest BCUT2D eigenvalue weighted by atomic mass is 10.0. The number of non-ortho nitro benzene ring substituents is 1. The molecule has 39 heavy (non-hydrogen) atoms. The van der Waals surface area contributed by atoms with Crippen LogP contribution in [-0.2, 0) is 32.1 Å². The lowest BCUT2D eigenvalue weighted by molar-refractivity contribution is -0.384. The van der Waals surface area contributed by atoms with E-state index in [2.05, 4.69) is 5.32 Å². The lowest BCUT2D eigenvalue weighted by Gasteiger charge is -2.49. The number of carbonyl (C=O) groups is 3. The Morgan fingerprint density at radius 3 is 2.56 bits per heavy atom. The van der Waals surface area contributed by atoms with Crippen molar-refractivity contribution >= 4 is 58.3 Å². The van der Waals surface area contributed by atoms with Gasteiger partial charge in [0, 0.05) is 32.6 Å². The van der Waals surface area contributed by atoms with Crippen molar-refractivity contribution in [3.8, 4) is 0 Å². The molecule has 0 bridgehead atoms. The molecule has 3 aromatic rings. The summed E-state index contributed by atoms with van der Waals surface area (Å²) >= 11 is 4.10. The zero-order valence-electron chi connectivity index (χ0n) is 20.1. The van der Waals surface area contributed by atoms with Gasteiger partial charge in [-0.15, -0.1) is 23.1 Å². The first-order valence-corrected chi connectivity index (χ1v) is 14.4. The van der Waals surface area contributed by atoms with E-state index in [-0.39, 0.29) is 30.3 Å². The number of hydrogen-bond acceptors (Lipinski definition) is 9. The molecule has 0 spiro atoms. The van der Waals surface area contributed by atoms with E-state index in [1.165, 1.54) is 76.2 Å². The van der Waals surface area contributed by atoms with Crippen LogP contribution in [0.2, 0.25) is 0 Å². The van der Waals surface area contributed by atoms with Gasteiger partial charge in [0.15, 0.2) is 0 Å². The van der Waals surface area contributed by atoms with E-state index in [0.29, 0.717) is 21.1 Å². The van der Waals surface area contributed by atoms with Gasteiger partial charge in [0.2, 0.25) is 5.91 Å². The molecular formula is C26H20FN3O6S3. The van der Waals surface area contributed by atoms with Gasteiger partial charge in [0.1, 0.15) is 29.5 Å². The number of fused-ring (bicyclic) bond motifs is 1. The van der Waals surface area contributed by atoms with Crippen molar-refractivity contribution in [2.45, 2.75) is 29.3 Å². The average Bonchev–Trinajstić information content (AvgIpc) is 3.44. The molecule has 1 N–H and O–H groups in total. The molecule has 0 radical (unpaired) electrons. The van der Waals surface area contributed by atoms with Crippen LogP contribution in [0.25, 0.3) is 0 Å². The predicted octanol–water partition coefficient (Wildman–Crippen LogP) is 4.49. The van der Waals surface area contributed by atoms with Gasteiger partial charge in [-0.05, 0) is 53.4 Å². The van der Waals surface area contributed by atoms with Gasteiger partial charge in [0.05, 0.1) is 11.3 Å². The second-order valence-electron chi connectivity index (χ2n) is 8.54. The molecule has 9 nitrogen and oxygen atoms in total. The number of esters is 1. The standard InChI is InChI=1S/C26H20FN3O6S3/c27-16-5-9-18(10-6-16)39-20-14-38-25-22(28-21(31)12-19-2-1-11-37-19)24(32)29(25)23(20)26(33)36-13-15-3-7-17(8-4-15)30(34)35/h1-11,22,25H,12-14H2,(H,28,31)/t22?,25-/m1/s1. The van der Waals surface area contributed by atoms with E-state index in [1.807, 2.05) is 17.5 Å². The van der Waals surface area contributed by atoms with E-state index >= 15 is 0 Å². The van der Waals surface area contributed by atoms with Crippen molar-refractivity contribution in [1.29, 1.82) is 0 Å². The number of nitro benzene ring substituents is 1. The Morgan fingerprint density at radius 1 is 1.15 bits per heavy atom. The molecule has 3 heterocycles. The highest BCUT2D eigenvalue weighted by atomic mass is 32.2. The smallest absolute Gasteiger partial charge is 0.356 e. The van der Waals surface area contributed by atoms with Gasteiger partial charge in [-0.25, -0.2) is 9.18 Å². The molecule has 1 fully saturated rings. The van der Waals surface area contributed by atoms with Crippen LogP contribution in [0.4, 0.5) is 10.1 Å². The molecule has 1 aromatic heterocycles. The van der Waals surface area contributed by atoms with E-state index < -0.39 is 34.0 Å². The van der Waals surface area contributed by atoms with Crippen molar-refractivity contribution in [3.05, 3.63) is 103 Å². The molecule has 200 valence electrons. The molecule has 1 saturated heterocycles. The van der Waals surface area contributed by atoms with Crippen LogP contribution in [0.1, 0.15) is 10.4 Å². The first kappa shape index (κ1) is 26.9. The van der Waals surface area contributed by atoms with Gasteiger partial charge in [0.25, 0.3) is 11.6 Å². The molecule has 2 aromatic carbocycles. The van der Waals surface area contributed by atoms with Crippen LogP contribution >= 0.6 is 34.9 Å². The highest BCUT2D eigenvalue weighted by Crippen LogP contribution is 2.45. The van der Waals surface area contributed by atoms with Crippen LogP contribution in [0.3, 0.4) is 0 Å². The van der Waals surface area contributed by atoms with E-state index in [9.17, 15) is 28.9 Å². The zero-order chi connectivity index (χ0) is 27.5. The number of ether oxygens (including phenoxy) is 1. The maximum absolute atomic E-state index is 13.4. The third-order valence-electron chi connectivity index (χ3n) is 5.93. The number of nitro groups is 1. The Morgan fingerprint density at radius 2 is 1.90 bits per heavy atom. The zero-order valence-corrected chi connectivity index (χ0v) is 22.5. The maximum atomic E-state index is 13.4. The fourth-order valence-corrected chi connectivity index (χ4v) is 7.20. The highest BCUT2D eigenvalue weighted by Gasteiger charge is 2.54. The quantitative estimate of drug-likeness (QED) is 0.169. The third kappa shape index (κ3) is 6.00. The summed E-state index contributed by atoms with van der Waals surface area (Å²) < 4.78 is 18.9. The van der Waals surface area contributed by atoms with Crippen LogP contribution in [0, 0.1) is 15.9 Å². The number of thiophene rings is 1. The normalized spacial score (nSPS) is 18.3. The fraction of sp³-hybridized carbons (Fsp3) is 0.192. The summed E-state index contributed by atoms with van der Waals surface area (Å²) in [5, 5.41) is 15.1. The van der Waals surface area contributed by atoms with Gasteiger partial charge in [-0.3, -0.25) is 24.6 Å². The van der Waals surface area contributed by atoms with E-state index in [1.54, 1.807) is 12.1 Å². The number of β-lactam (4-membered cyclic amide) rings is 1. The highest BCUT2D eigenvalue weighted by molar-refractivity contribution is 8.06. The fourth-order valence-electron chi connectivity index (χ4n) is 4.03. The molecule has 13 heteroatoms. The number of rotatable bonds is 9. The summed E-state index contributed by atoms with van der Waals surface area (Å²) in [7, 11) is 0. The van der Waals surface area contributed by atoms with Crippen molar-refractivity contribution in [2.75, 3.05) is 5.75 Å². The van der Waals surface area contributed by atoms with Gasteiger partial charge >= 0.3 is 5.97 Å². The minimum atomic E-state index is -0.780. The topological polar surface area (TPSA) is 119 Å². The number of nitrogens with one attached hydrogen (secondary N) is 1. The minimum absolute atomic E-state index is 0.0729. The minimum Gasteiger partial charge on any atom is -0.456 e. The molecule has 2 amide bonds. The van der Waals surface area contributed by atoms with Gasteiger partial charge in [-0.2, -0.15) is 0 Å². The Bertz CT molecular complexity index is 1440. The number of hydrogen-bond donors (Lipinski definition) is 1. The molecule has 2 atom stereocenters. The maximum Gasteiger partial charge on any atom is 0.356 e. The van der Waals surface area contributed by atoms with Gasteiger partial charge < -0.3 is 10.1 Å². The number of nitrogens with zero attached hydrogens (tertiary/aromatic N) is 2. The monoisotopic (exact) mass is 585 g/mol. The molecular weight excluding hydrogens is 566 g/mol. The molecule has 0 saturated carbocycles. The van der Waals surface area contributed by atoms with Crippen LogP contribution in [0.15, 0.2) is 81.5 Å². The Hall–Kier alpha value is -3.68. The summed E-state index contributed by atoms with van der Waals surface area (Å²) in [5.74, 6) is -1.47. The molecule has 2 aliphatic heterocycles. The Kier molecular flexibility index (Phi) is 8.00. The van der Waals surface area contributed by atoms with Crippen molar-refractivity contribution in [2.24, 2.45) is 0 Å². The number of thioether (sulfide) groups is 2. The third-order valence-corrected chi connectivity index (χ3v) is 9.36. The molecule has 0 aliphatic carbocycles. The molecule has 2 aliphatic rings. The first-order valence-electron chi connectivity index (χ1n) is 11.6. The van der Waals surface area contributed by atoms with Crippen molar-refractivity contribution < 1.29 is 28.4 Å². The lowest BCUT2D eigenvalue weighted by Crippen LogP contribution is -2.70. The number of halogens is 1.